The number of rotatable bonds is 6. The van der Waals surface area contributed by atoms with E-state index in [-0.39, 0.29) is 23.1 Å². The van der Waals surface area contributed by atoms with Crippen LogP contribution in [-0.4, -0.2) is 63.6 Å². The molecule has 0 unspecified atom stereocenters. The van der Waals surface area contributed by atoms with Crippen LogP contribution in [0.2, 0.25) is 0 Å². The summed E-state index contributed by atoms with van der Waals surface area (Å²) in [6, 6.07) is 16.7. The average Bonchev–Trinajstić information content (AvgIpc) is 3.61. The third kappa shape index (κ3) is 5.14. The highest BCUT2D eigenvalue weighted by Crippen LogP contribution is 2.42. The number of hydrogen-bond donors (Lipinski definition) is 2. The number of aromatic nitrogens is 1. The number of carbonyl (C=O) groups excluding carboxylic acids is 2. The molecule has 0 bridgehead atoms. The van der Waals surface area contributed by atoms with Gasteiger partial charge in [0.15, 0.2) is 0 Å². The van der Waals surface area contributed by atoms with Crippen LogP contribution >= 0.6 is 0 Å². The molecule has 43 heavy (non-hydrogen) atoms. The molecule has 3 heterocycles. The van der Waals surface area contributed by atoms with E-state index in [1.165, 1.54) is 42.7 Å². The molecule has 1 aliphatic heterocycles. The summed E-state index contributed by atoms with van der Waals surface area (Å²) in [5.74, 6) is -0.889. The smallest absolute Gasteiger partial charge is 0.256 e. The molecule has 222 valence electrons. The van der Waals surface area contributed by atoms with Crippen molar-refractivity contribution >= 4 is 49.4 Å². The number of aromatic amines is 1. The number of nitrogens with zero attached hydrogens (tertiary/aromatic N) is 2. The van der Waals surface area contributed by atoms with E-state index < -0.39 is 21.7 Å². The van der Waals surface area contributed by atoms with Crippen LogP contribution in [0, 0.1) is 5.82 Å². The molecular weight excluding hydrogens is 571 g/mol. The number of hydrogen-bond acceptors (Lipinski definition) is 5. The zero-order valence-corrected chi connectivity index (χ0v) is 24.8. The molecule has 1 saturated heterocycles. The predicted molar refractivity (Wildman–Crippen MR) is 164 cm³/mol. The molecule has 3 aromatic carbocycles. The molecule has 1 fully saturated rings. The molecule has 1 atom stereocenters. The Labute approximate surface area is 248 Å². The maximum absolute atomic E-state index is 13.7. The lowest BCUT2D eigenvalue weighted by Crippen LogP contribution is -2.39. The molecule has 0 aliphatic carbocycles. The van der Waals surface area contributed by atoms with Gasteiger partial charge in [-0.1, -0.05) is 18.2 Å². The molecule has 0 saturated carbocycles. The Morgan fingerprint density at radius 3 is 2.56 bits per heavy atom. The van der Waals surface area contributed by atoms with Gasteiger partial charge in [0.25, 0.3) is 11.8 Å². The van der Waals surface area contributed by atoms with Crippen molar-refractivity contribution in [3.8, 4) is 11.3 Å². The normalized spacial score (nSPS) is 15.6. The van der Waals surface area contributed by atoms with Crippen molar-refractivity contribution in [3.05, 3.63) is 89.4 Å². The highest BCUT2D eigenvalue weighted by molar-refractivity contribution is 7.92. The van der Waals surface area contributed by atoms with Crippen molar-refractivity contribution in [2.45, 2.75) is 18.8 Å². The fraction of sp³-hybridized carbons (Fsp3) is 0.250. The number of para-hydroxylation sites is 1. The minimum absolute atomic E-state index is 0.103. The number of anilines is 1. The van der Waals surface area contributed by atoms with E-state index in [1.807, 2.05) is 24.3 Å². The van der Waals surface area contributed by atoms with Crippen LogP contribution in [0.5, 0.6) is 0 Å². The second-order valence-corrected chi connectivity index (χ2v) is 12.9. The number of piperidine rings is 1. The van der Waals surface area contributed by atoms with Gasteiger partial charge >= 0.3 is 0 Å². The molecule has 5 aromatic rings. The lowest BCUT2D eigenvalue weighted by Gasteiger charge is -2.35. The van der Waals surface area contributed by atoms with E-state index >= 15 is 0 Å². The highest BCUT2D eigenvalue weighted by Gasteiger charge is 2.32. The monoisotopic (exact) mass is 602 g/mol. The Bertz CT molecular complexity index is 1980. The predicted octanol–water partition coefficient (Wildman–Crippen LogP) is 5.50. The molecule has 0 radical (unpaired) electrons. The van der Waals surface area contributed by atoms with Gasteiger partial charge < -0.3 is 19.6 Å². The van der Waals surface area contributed by atoms with Crippen LogP contribution in [0.3, 0.4) is 0 Å². The Hall–Kier alpha value is -4.64. The summed E-state index contributed by atoms with van der Waals surface area (Å²) in [4.78, 5) is 31.9. The maximum Gasteiger partial charge on any atom is 0.256 e. The number of benzene rings is 3. The Kier molecular flexibility index (Phi) is 7.21. The first-order valence-electron chi connectivity index (χ1n) is 13.9. The minimum Gasteiger partial charge on any atom is -0.455 e. The second kappa shape index (κ2) is 10.9. The Morgan fingerprint density at radius 1 is 1.09 bits per heavy atom. The molecular formula is C32H31FN4O5S. The van der Waals surface area contributed by atoms with Gasteiger partial charge in [0.2, 0.25) is 10.0 Å². The third-order valence-corrected chi connectivity index (χ3v) is 9.39. The molecule has 6 rings (SSSR count). The van der Waals surface area contributed by atoms with Gasteiger partial charge in [-0.25, -0.2) is 12.8 Å². The molecule has 2 N–H and O–H groups in total. The first kappa shape index (κ1) is 28.5. The number of sulfonamides is 1. The quantitative estimate of drug-likeness (QED) is 0.267. The van der Waals surface area contributed by atoms with E-state index in [4.69, 9.17) is 4.42 Å². The maximum atomic E-state index is 13.7. The summed E-state index contributed by atoms with van der Waals surface area (Å²) in [6.45, 7) is 0.935. The van der Waals surface area contributed by atoms with Crippen LogP contribution in [-0.2, 0) is 10.0 Å². The largest absolute Gasteiger partial charge is 0.455 e. The van der Waals surface area contributed by atoms with Crippen molar-refractivity contribution in [2.75, 3.05) is 37.7 Å². The van der Waals surface area contributed by atoms with E-state index in [0.717, 1.165) is 17.2 Å². The summed E-state index contributed by atoms with van der Waals surface area (Å²) in [5.41, 5.74) is 3.64. The van der Waals surface area contributed by atoms with Crippen molar-refractivity contribution in [2.24, 2.45) is 0 Å². The topological polar surface area (TPSA) is 116 Å². The third-order valence-electron chi connectivity index (χ3n) is 8.20. The van der Waals surface area contributed by atoms with Crippen LogP contribution < -0.4 is 9.62 Å². The zero-order chi connectivity index (χ0) is 30.5. The average molecular weight is 603 g/mol. The van der Waals surface area contributed by atoms with Crippen molar-refractivity contribution < 1.29 is 26.8 Å². The summed E-state index contributed by atoms with van der Waals surface area (Å²) >= 11 is 0. The van der Waals surface area contributed by atoms with Gasteiger partial charge in [-0.2, -0.15) is 0 Å². The molecule has 2 aromatic heterocycles. The molecule has 9 nitrogen and oxygen atoms in total. The number of H-pyrrole nitrogens is 1. The Balaban J connectivity index is 1.48. The van der Waals surface area contributed by atoms with E-state index in [2.05, 4.69) is 10.3 Å². The number of nitrogens with one attached hydrogen (secondary N) is 2. The lowest BCUT2D eigenvalue weighted by atomic mass is 9.87. The number of halogens is 1. The van der Waals surface area contributed by atoms with Crippen LogP contribution in [0.15, 0.2) is 71.3 Å². The first-order chi connectivity index (χ1) is 20.6. The molecule has 1 aliphatic rings. The second-order valence-electron chi connectivity index (χ2n) is 10.9. The fourth-order valence-electron chi connectivity index (χ4n) is 5.92. The molecule has 2 amide bonds. The lowest BCUT2D eigenvalue weighted by molar-refractivity contribution is 0.0709. The van der Waals surface area contributed by atoms with E-state index in [9.17, 15) is 22.4 Å². The number of furan rings is 1. The standard InChI is InChI=1S/C32H31FN4O5S/c1-34-31(38)29-24-15-23(20-7-6-14-37(18-20)32(39)25-17-35-26-9-5-4-8-22(25)26)27(36(2)43(3,40)41)16-28(24)42-30(29)19-10-12-21(33)13-11-19/h4-5,8-13,15-17,20,35H,6-7,14,18H2,1-3H3,(H,34,38)/t20-/m0/s1. The minimum atomic E-state index is -3.67. The number of likely N-dealkylation sites (tertiary alicyclic amines) is 1. The van der Waals surface area contributed by atoms with Crippen molar-refractivity contribution in [1.29, 1.82) is 0 Å². The van der Waals surface area contributed by atoms with E-state index in [0.29, 0.717) is 59.3 Å². The van der Waals surface area contributed by atoms with Gasteiger partial charge in [-0.05, 0) is 54.8 Å². The van der Waals surface area contributed by atoms with Crippen molar-refractivity contribution in [1.82, 2.24) is 15.2 Å². The molecule has 11 heteroatoms. The van der Waals surface area contributed by atoms with Gasteiger partial charge in [0.1, 0.15) is 17.2 Å². The highest BCUT2D eigenvalue weighted by atomic mass is 32.2. The van der Waals surface area contributed by atoms with Crippen LogP contribution in [0.1, 0.15) is 45.0 Å². The number of amides is 2. The number of fused-ring (bicyclic) bond motifs is 2. The van der Waals surface area contributed by atoms with Crippen molar-refractivity contribution in [3.63, 3.8) is 0 Å². The van der Waals surface area contributed by atoms with Gasteiger partial charge in [-0.15, -0.1) is 0 Å². The zero-order valence-electron chi connectivity index (χ0n) is 24.0. The van der Waals surface area contributed by atoms with Gasteiger partial charge in [0.05, 0.1) is 23.1 Å². The Morgan fingerprint density at radius 2 is 1.84 bits per heavy atom. The summed E-state index contributed by atoms with van der Waals surface area (Å²) in [7, 11) is -0.686. The summed E-state index contributed by atoms with van der Waals surface area (Å²) < 4.78 is 46.6. The van der Waals surface area contributed by atoms with Crippen LogP contribution in [0.4, 0.5) is 10.1 Å². The van der Waals surface area contributed by atoms with E-state index in [1.54, 1.807) is 23.2 Å². The first-order valence-corrected chi connectivity index (χ1v) is 15.8. The fourth-order valence-corrected chi connectivity index (χ4v) is 6.43. The van der Waals surface area contributed by atoms with Crippen LogP contribution in [0.25, 0.3) is 33.2 Å². The SMILES string of the molecule is CNC(=O)c1c(-c2ccc(F)cc2)oc2cc(N(C)S(C)(=O)=O)c([C@H]3CCCN(C(=O)c4c[nH]c5ccccc45)C3)cc12. The van der Waals surface area contributed by atoms with Gasteiger partial charge in [-0.3, -0.25) is 13.9 Å². The number of carbonyl (C=O) groups is 2. The summed E-state index contributed by atoms with van der Waals surface area (Å²) in [6.07, 6.45) is 4.28. The van der Waals surface area contributed by atoms with Gasteiger partial charge in [0, 0.05) is 67.2 Å². The molecule has 0 spiro atoms. The summed E-state index contributed by atoms with van der Waals surface area (Å²) in [5, 5.41) is 4.00.